The maximum absolute atomic E-state index is 11.9. The van der Waals surface area contributed by atoms with Crippen molar-refractivity contribution in [3.05, 3.63) is 0 Å². The van der Waals surface area contributed by atoms with Crippen LogP contribution in [0.15, 0.2) is 0 Å². The smallest absolute Gasteiger partial charge is 0.389 e. The van der Waals surface area contributed by atoms with Crippen LogP contribution in [0, 0.1) is 0 Å². The number of carbonyl (C=O) groups is 1. The summed E-state index contributed by atoms with van der Waals surface area (Å²) in [4.78, 5) is 11.6. The number of carbonyl (C=O) groups excluding carboxylic acids is 1. The number of ether oxygens (including phenoxy) is 2. The maximum atomic E-state index is 11.9. The highest BCUT2D eigenvalue weighted by molar-refractivity contribution is 5.80. The second-order valence-corrected chi connectivity index (χ2v) is 4.79. The van der Waals surface area contributed by atoms with E-state index in [9.17, 15) is 18.0 Å². The number of methoxy groups -OCH3 is 1. The Morgan fingerprint density at radius 1 is 1.15 bits per heavy atom. The van der Waals surface area contributed by atoms with E-state index in [0.717, 1.165) is 0 Å². The molecule has 4 nitrogen and oxygen atoms in total. The summed E-state index contributed by atoms with van der Waals surface area (Å²) in [7, 11) is 1.32. The van der Waals surface area contributed by atoms with Crippen molar-refractivity contribution in [2.24, 2.45) is 0 Å². The molecule has 1 atom stereocenters. The Morgan fingerprint density at radius 3 is 2.15 bits per heavy atom. The average Bonchev–Trinajstić information content (AvgIpc) is 2.35. The Kier molecular flexibility index (Phi) is 8.80. The van der Waals surface area contributed by atoms with Gasteiger partial charge in [-0.05, 0) is 32.7 Å². The fourth-order valence-corrected chi connectivity index (χ4v) is 1.88. The normalized spacial score (nSPS) is 14.9. The Labute approximate surface area is 118 Å². The van der Waals surface area contributed by atoms with Crippen LogP contribution in [0.5, 0.6) is 0 Å². The molecule has 0 fully saturated rings. The molecule has 1 N–H and O–H groups in total. The monoisotopic (exact) mass is 299 g/mol. The molecule has 0 saturated carbocycles. The SMILES string of the molecule is CCNC(C)(CCCOCCCC(F)(F)F)C(=O)OC. The van der Waals surface area contributed by atoms with Gasteiger partial charge in [0.15, 0.2) is 0 Å². The van der Waals surface area contributed by atoms with E-state index in [1.807, 2.05) is 6.92 Å². The summed E-state index contributed by atoms with van der Waals surface area (Å²) in [6.45, 7) is 4.66. The number of likely N-dealkylation sites (N-methyl/N-ethyl adjacent to an activating group) is 1. The number of hydrogen-bond acceptors (Lipinski definition) is 4. The molecule has 0 aromatic rings. The van der Waals surface area contributed by atoms with E-state index >= 15 is 0 Å². The zero-order chi connectivity index (χ0) is 15.6. The molecule has 7 heteroatoms. The predicted molar refractivity (Wildman–Crippen MR) is 69.4 cm³/mol. The topological polar surface area (TPSA) is 47.6 Å². The number of rotatable bonds is 10. The summed E-state index contributed by atoms with van der Waals surface area (Å²) in [5.74, 6) is -0.351. The van der Waals surface area contributed by atoms with Crippen LogP contribution in [0.25, 0.3) is 0 Å². The lowest BCUT2D eigenvalue weighted by Gasteiger charge is -2.27. The van der Waals surface area contributed by atoms with Crippen molar-refractivity contribution in [3.8, 4) is 0 Å². The van der Waals surface area contributed by atoms with Crippen molar-refractivity contribution in [3.63, 3.8) is 0 Å². The number of halogens is 3. The third-order valence-corrected chi connectivity index (χ3v) is 2.92. The average molecular weight is 299 g/mol. The molecule has 0 bridgehead atoms. The van der Waals surface area contributed by atoms with E-state index in [0.29, 0.717) is 26.0 Å². The van der Waals surface area contributed by atoms with E-state index in [2.05, 4.69) is 5.32 Å². The molecular weight excluding hydrogens is 275 g/mol. The highest BCUT2D eigenvalue weighted by Crippen LogP contribution is 2.21. The third-order valence-electron chi connectivity index (χ3n) is 2.92. The van der Waals surface area contributed by atoms with Crippen molar-refractivity contribution in [1.29, 1.82) is 0 Å². The molecule has 0 spiro atoms. The highest BCUT2D eigenvalue weighted by atomic mass is 19.4. The van der Waals surface area contributed by atoms with E-state index < -0.39 is 18.1 Å². The van der Waals surface area contributed by atoms with Gasteiger partial charge in [0, 0.05) is 19.6 Å². The summed E-state index contributed by atoms with van der Waals surface area (Å²) in [6, 6.07) is 0. The number of nitrogens with one attached hydrogen (secondary N) is 1. The molecule has 0 saturated heterocycles. The molecule has 0 aliphatic carbocycles. The van der Waals surface area contributed by atoms with Gasteiger partial charge in [-0.15, -0.1) is 0 Å². The summed E-state index contributed by atoms with van der Waals surface area (Å²) < 4.78 is 45.5. The fourth-order valence-electron chi connectivity index (χ4n) is 1.88. The van der Waals surface area contributed by atoms with Gasteiger partial charge in [-0.1, -0.05) is 6.92 Å². The van der Waals surface area contributed by atoms with Crippen LogP contribution in [-0.2, 0) is 14.3 Å². The van der Waals surface area contributed by atoms with Crippen molar-refractivity contribution >= 4 is 5.97 Å². The molecule has 0 radical (unpaired) electrons. The van der Waals surface area contributed by atoms with Crippen LogP contribution < -0.4 is 5.32 Å². The molecule has 120 valence electrons. The number of alkyl halides is 3. The molecule has 0 aliphatic heterocycles. The van der Waals surface area contributed by atoms with Gasteiger partial charge in [0.05, 0.1) is 7.11 Å². The molecule has 0 amide bonds. The van der Waals surface area contributed by atoms with Crippen LogP contribution in [0.1, 0.15) is 39.5 Å². The lowest BCUT2D eigenvalue weighted by molar-refractivity contribution is -0.148. The summed E-state index contributed by atoms with van der Waals surface area (Å²) in [6.07, 6.45) is -3.91. The van der Waals surface area contributed by atoms with Crippen molar-refractivity contribution in [2.45, 2.75) is 51.2 Å². The molecular formula is C13H24F3NO3. The van der Waals surface area contributed by atoms with E-state index in [1.165, 1.54) is 7.11 Å². The summed E-state index contributed by atoms with van der Waals surface area (Å²) in [5, 5.41) is 3.05. The Bertz CT molecular complexity index is 285. The van der Waals surface area contributed by atoms with Crippen LogP contribution in [0.4, 0.5) is 13.2 Å². The van der Waals surface area contributed by atoms with Crippen LogP contribution >= 0.6 is 0 Å². The van der Waals surface area contributed by atoms with Crippen LogP contribution in [0.2, 0.25) is 0 Å². The molecule has 0 heterocycles. The van der Waals surface area contributed by atoms with Crippen molar-refractivity contribution < 1.29 is 27.4 Å². The zero-order valence-corrected chi connectivity index (χ0v) is 12.3. The minimum atomic E-state index is -4.13. The molecule has 20 heavy (non-hydrogen) atoms. The largest absolute Gasteiger partial charge is 0.468 e. The Morgan fingerprint density at radius 2 is 1.70 bits per heavy atom. The first-order chi connectivity index (χ1) is 9.25. The minimum absolute atomic E-state index is 0.0367. The number of hydrogen-bond donors (Lipinski definition) is 1. The first-order valence-electron chi connectivity index (χ1n) is 6.73. The van der Waals surface area contributed by atoms with Gasteiger partial charge in [-0.25, -0.2) is 0 Å². The molecule has 0 aliphatic rings. The van der Waals surface area contributed by atoms with Gasteiger partial charge in [-0.2, -0.15) is 13.2 Å². The van der Waals surface area contributed by atoms with Crippen molar-refractivity contribution in [2.75, 3.05) is 26.9 Å². The highest BCUT2D eigenvalue weighted by Gasteiger charge is 2.32. The van der Waals surface area contributed by atoms with E-state index in [1.54, 1.807) is 6.92 Å². The van der Waals surface area contributed by atoms with Gasteiger partial charge in [-0.3, -0.25) is 4.79 Å². The van der Waals surface area contributed by atoms with Gasteiger partial charge >= 0.3 is 12.1 Å². The number of esters is 1. The van der Waals surface area contributed by atoms with Gasteiger partial charge < -0.3 is 14.8 Å². The van der Waals surface area contributed by atoms with E-state index in [4.69, 9.17) is 9.47 Å². The summed E-state index contributed by atoms with van der Waals surface area (Å²) in [5.41, 5.74) is -0.779. The zero-order valence-electron chi connectivity index (χ0n) is 12.3. The second kappa shape index (κ2) is 9.18. The van der Waals surface area contributed by atoms with Crippen LogP contribution in [0.3, 0.4) is 0 Å². The Hall–Kier alpha value is -0.820. The fraction of sp³-hybridized carbons (Fsp3) is 0.923. The standard InChI is InChI=1S/C13H24F3NO3/c1-4-17-12(2,11(18)19-3)7-5-9-20-10-6-8-13(14,15)16/h17H,4-10H2,1-3H3. The first-order valence-corrected chi connectivity index (χ1v) is 6.73. The molecule has 1 unspecified atom stereocenters. The second-order valence-electron chi connectivity index (χ2n) is 4.79. The van der Waals surface area contributed by atoms with Gasteiger partial charge in [0.2, 0.25) is 0 Å². The van der Waals surface area contributed by atoms with Crippen molar-refractivity contribution in [1.82, 2.24) is 5.32 Å². The minimum Gasteiger partial charge on any atom is -0.468 e. The first kappa shape index (κ1) is 19.2. The third kappa shape index (κ3) is 8.37. The van der Waals surface area contributed by atoms with Gasteiger partial charge in [0.25, 0.3) is 0 Å². The van der Waals surface area contributed by atoms with Gasteiger partial charge in [0.1, 0.15) is 5.54 Å². The summed E-state index contributed by atoms with van der Waals surface area (Å²) >= 11 is 0. The van der Waals surface area contributed by atoms with E-state index in [-0.39, 0.29) is 19.0 Å². The molecule has 0 aromatic carbocycles. The quantitative estimate of drug-likeness (QED) is 0.498. The predicted octanol–water partition coefficient (Wildman–Crippen LogP) is 2.67. The van der Waals surface area contributed by atoms with Crippen LogP contribution in [-0.4, -0.2) is 44.6 Å². The lowest BCUT2D eigenvalue weighted by atomic mass is 9.96. The molecule has 0 aromatic heterocycles. The lowest BCUT2D eigenvalue weighted by Crippen LogP contribution is -2.50. The molecule has 0 rings (SSSR count). The Balaban J connectivity index is 3.83. The maximum Gasteiger partial charge on any atom is 0.389 e.